The second kappa shape index (κ2) is 27.0. The molecule has 1 heteroatoms. The minimum absolute atomic E-state index is 1.30. The van der Waals surface area contributed by atoms with Gasteiger partial charge in [-0.05, 0) is 33.0 Å². The van der Waals surface area contributed by atoms with Crippen molar-refractivity contribution in [3.05, 3.63) is 0 Å². The summed E-state index contributed by atoms with van der Waals surface area (Å²) >= 11 is 0. The summed E-state index contributed by atoms with van der Waals surface area (Å²) in [5.74, 6) is 0. The van der Waals surface area contributed by atoms with Crippen LogP contribution in [0.5, 0.6) is 0 Å². The highest BCUT2D eigenvalue weighted by Crippen LogP contribution is 2.15. The number of rotatable bonds is 26. The summed E-state index contributed by atoms with van der Waals surface area (Å²) in [4.78, 5) is 2.55. The van der Waals surface area contributed by atoms with Crippen LogP contribution >= 0.6 is 0 Å². The highest BCUT2D eigenvalue weighted by atomic mass is 15.1. The Kier molecular flexibility index (Phi) is 27.0. The van der Waals surface area contributed by atoms with Gasteiger partial charge in [0.15, 0.2) is 0 Å². The van der Waals surface area contributed by atoms with E-state index in [1.165, 1.54) is 167 Å². The van der Waals surface area contributed by atoms with Gasteiger partial charge in [-0.2, -0.15) is 0 Å². The summed E-state index contributed by atoms with van der Waals surface area (Å²) in [5, 5.41) is 0. The van der Waals surface area contributed by atoms with Crippen LogP contribution in [0.1, 0.15) is 168 Å². The Morgan fingerprint density at radius 1 is 0.300 bits per heavy atom. The van der Waals surface area contributed by atoms with E-state index in [1.807, 2.05) is 0 Å². The quantitative estimate of drug-likeness (QED) is 0.125. The molecule has 182 valence electrons. The summed E-state index contributed by atoms with van der Waals surface area (Å²) in [6.45, 7) is 7.21. The van der Waals surface area contributed by atoms with Crippen molar-refractivity contribution in [2.75, 3.05) is 20.1 Å². The van der Waals surface area contributed by atoms with Crippen molar-refractivity contribution in [1.29, 1.82) is 0 Å². The van der Waals surface area contributed by atoms with Crippen LogP contribution in [-0.2, 0) is 0 Å². The molecule has 0 heterocycles. The summed E-state index contributed by atoms with van der Waals surface area (Å²) < 4.78 is 0. The van der Waals surface area contributed by atoms with Crippen LogP contribution in [0, 0.1) is 0 Å². The third-order valence-corrected chi connectivity index (χ3v) is 6.79. The van der Waals surface area contributed by atoms with E-state index in [-0.39, 0.29) is 0 Å². The SMILES string of the molecule is CCCCCCCCCCCCCCCCCCCCCCN(C)CCCCCC. The van der Waals surface area contributed by atoms with E-state index in [0.29, 0.717) is 0 Å². The van der Waals surface area contributed by atoms with Gasteiger partial charge in [0.1, 0.15) is 0 Å². The summed E-state index contributed by atoms with van der Waals surface area (Å²) in [5.41, 5.74) is 0. The summed E-state index contributed by atoms with van der Waals surface area (Å²) in [6, 6.07) is 0. The van der Waals surface area contributed by atoms with E-state index in [1.54, 1.807) is 0 Å². The monoisotopic (exact) mass is 423 g/mol. The molecule has 0 amide bonds. The van der Waals surface area contributed by atoms with E-state index in [4.69, 9.17) is 0 Å². The molecule has 0 fully saturated rings. The first-order valence-electron chi connectivity index (χ1n) is 14.5. The molecule has 0 unspecified atom stereocenters. The molecule has 0 radical (unpaired) electrons. The van der Waals surface area contributed by atoms with Gasteiger partial charge in [-0.25, -0.2) is 0 Å². The molecule has 0 bridgehead atoms. The second-order valence-corrected chi connectivity index (χ2v) is 10.1. The Morgan fingerprint density at radius 2 is 0.500 bits per heavy atom. The molecule has 0 aromatic carbocycles. The standard InChI is InChI=1S/C29H61N/c1-4-6-8-10-11-12-13-14-15-16-17-18-19-20-21-22-23-24-25-27-29-30(3)28-26-9-7-5-2/h4-29H2,1-3H3. The normalized spacial score (nSPS) is 11.6. The molecule has 0 aromatic heterocycles. The first-order chi connectivity index (χ1) is 14.8. The van der Waals surface area contributed by atoms with Crippen LogP contribution < -0.4 is 0 Å². The maximum Gasteiger partial charge on any atom is -0.00218 e. The predicted octanol–water partition coefficient (Wildman–Crippen LogP) is 10.3. The highest BCUT2D eigenvalue weighted by molar-refractivity contribution is 4.54. The molecular weight excluding hydrogens is 362 g/mol. The zero-order valence-electron chi connectivity index (χ0n) is 21.8. The van der Waals surface area contributed by atoms with Gasteiger partial charge in [0, 0.05) is 0 Å². The number of hydrogen-bond acceptors (Lipinski definition) is 1. The van der Waals surface area contributed by atoms with Crippen molar-refractivity contribution in [3.8, 4) is 0 Å². The van der Waals surface area contributed by atoms with Gasteiger partial charge in [-0.15, -0.1) is 0 Å². The third kappa shape index (κ3) is 26.0. The van der Waals surface area contributed by atoms with Gasteiger partial charge in [0.05, 0.1) is 0 Å². The minimum atomic E-state index is 1.30. The molecule has 0 rings (SSSR count). The first-order valence-corrected chi connectivity index (χ1v) is 14.5. The van der Waals surface area contributed by atoms with Crippen LogP contribution in [-0.4, -0.2) is 25.0 Å². The van der Waals surface area contributed by atoms with E-state index in [2.05, 4.69) is 25.8 Å². The van der Waals surface area contributed by atoms with Gasteiger partial charge in [-0.3, -0.25) is 0 Å². The summed E-state index contributed by atoms with van der Waals surface area (Å²) in [6.07, 6.45) is 34.9. The third-order valence-electron chi connectivity index (χ3n) is 6.79. The average Bonchev–Trinajstić information content (AvgIpc) is 2.75. The maximum atomic E-state index is 2.55. The fourth-order valence-corrected chi connectivity index (χ4v) is 4.56. The van der Waals surface area contributed by atoms with Gasteiger partial charge in [0.25, 0.3) is 0 Å². The lowest BCUT2D eigenvalue weighted by molar-refractivity contribution is 0.314. The predicted molar refractivity (Wildman–Crippen MR) is 140 cm³/mol. The molecule has 0 aliphatic carbocycles. The van der Waals surface area contributed by atoms with Gasteiger partial charge in [0.2, 0.25) is 0 Å². The molecule has 0 aliphatic rings. The van der Waals surface area contributed by atoms with Crippen molar-refractivity contribution in [2.24, 2.45) is 0 Å². The molecule has 0 saturated heterocycles. The average molecular weight is 424 g/mol. The fraction of sp³-hybridized carbons (Fsp3) is 1.00. The van der Waals surface area contributed by atoms with E-state index in [0.717, 1.165) is 0 Å². The lowest BCUT2D eigenvalue weighted by atomic mass is 10.0. The van der Waals surface area contributed by atoms with Crippen molar-refractivity contribution < 1.29 is 0 Å². The van der Waals surface area contributed by atoms with E-state index >= 15 is 0 Å². The number of hydrogen-bond donors (Lipinski definition) is 0. The highest BCUT2D eigenvalue weighted by Gasteiger charge is 1.99. The molecule has 0 atom stereocenters. The largest absolute Gasteiger partial charge is 0.306 e. The Bertz CT molecular complexity index is 288. The van der Waals surface area contributed by atoms with Crippen LogP contribution in [0.3, 0.4) is 0 Å². The molecule has 1 nitrogen and oxygen atoms in total. The molecule has 30 heavy (non-hydrogen) atoms. The lowest BCUT2D eigenvalue weighted by Crippen LogP contribution is -2.20. The Morgan fingerprint density at radius 3 is 0.767 bits per heavy atom. The van der Waals surface area contributed by atoms with Gasteiger partial charge >= 0.3 is 0 Å². The van der Waals surface area contributed by atoms with Crippen LogP contribution in [0.4, 0.5) is 0 Å². The Labute approximate surface area is 193 Å². The lowest BCUT2D eigenvalue weighted by Gasteiger charge is -2.16. The first kappa shape index (κ1) is 30.0. The number of unbranched alkanes of at least 4 members (excludes halogenated alkanes) is 22. The van der Waals surface area contributed by atoms with E-state index < -0.39 is 0 Å². The smallest absolute Gasteiger partial charge is 0.00218 e. The van der Waals surface area contributed by atoms with Crippen molar-refractivity contribution in [3.63, 3.8) is 0 Å². The van der Waals surface area contributed by atoms with Crippen molar-refractivity contribution in [1.82, 2.24) is 4.90 Å². The van der Waals surface area contributed by atoms with Gasteiger partial charge in [-0.1, -0.05) is 155 Å². The van der Waals surface area contributed by atoms with Crippen molar-refractivity contribution >= 4 is 0 Å². The zero-order valence-corrected chi connectivity index (χ0v) is 21.8. The van der Waals surface area contributed by atoms with Gasteiger partial charge < -0.3 is 4.90 Å². The molecule has 0 spiro atoms. The molecule has 0 saturated carbocycles. The number of nitrogens with zero attached hydrogens (tertiary/aromatic N) is 1. The van der Waals surface area contributed by atoms with Crippen LogP contribution in [0.2, 0.25) is 0 Å². The van der Waals surface area contributed by atoms with Crippen LogP contribution in [0.15, 0.2) is 0 Å². The maximum absolute atomic E-state index is 2.55. The molecule has 0 aromatic rings. The Balaban J connectivity index is 3.06. The fourth-order valence-electron chi connectivity index (χ4n) is 4.56. The molecular formula is C29H61N. The minimum Gasteiger partial charge on any atom is -0.306 e. The second-order valence-electron chi connectivity index (χ2n) is 10.1. The molecule has 0 N–H and O–H groups in total. The summed E-state index contributed by atoms with van der Waals surface area (Å²) in [7, 11) is 2.31. The molecule has 0 aliphatic heterocycles. The zero-order chi connectivity index (χ0) is 22.0. The van der Waals surface area contributed by atoms with Crippen LogP contribution in [0.25, 0.3) is 0 Å². The van der Waals surface area contributed by atoms with E-state index in [9.17, 15) is 0 Å². The Hall–Kier alpha value is -0.0400. The topological polar surface area (TPSA) is 3.24 Å². The van der Waals surface area contributed by atoms with Crippen molar-refractivity contribution in [2.45, 2.75) is 168 Å².